The average molecular weight is 270 g/mol. The molecule has 0 unspecified atom stereocenters. The van der Waals surface area contributed by atoms with E-state index in [1.165, 1.54) is 0 Å². The summed E-state index contributed by atoms with van der Waals surface area (Å²) < 4.78 is 5.98. The molecule has 2 aromatic carbocycles. The number of nitrogens with zero attached hydrogens (tertiary/aromatic N) is 1. The third kappa shape index (κ3) is 2.40. The van der Waals surface area contributed by atoms with Gasteiger partial charge in [-0.05, 0) is 18.4 Å². The molecule has 0 aliphatic carbocycles. The van der Waals surface area contributed by atoms with Crippen molar-refractivity contribution < 1.29 is 4.74 Å². The van der Waals surface area contributed by atoms with Crippen LogP contribution in [0.4, 0.5) is 0 Å². The first-order valence-corrected chi connectivity index (χ1v) is 6.39. The number of pyridine rings is 1. The van der Waals surface area contributed by atoms with Crippen molar-refractivity contribution >= 4 is 22.4 Å². The quantitative estimate of drug-likeness (QED) is 0.612. The Bertz CT molecular complexity index is 734. The lowest BCUT2D eigenvalue weighted by atomic mass is 10.1. The second-order valence-corrected chi connectivity index (χ2v) is 4.74. The van der Waals surface area contributed by atoms with E-state index >= 15 is 0 Å². The molecule has 0 saturated heterocycles. The lowest BCUT2D eigenvalue weighted by molar-refractivity contribution is 0.483. The molecule has 0 aliphatic heterocycles. The maximum absolute atomic E-state index is 5.98. The van der Waals surface area contributed by atoms with Crippen molar-refractivity contribution in [3.05, 3.63) is 65.4 Å². The van der Waals surface area contributed by atoms with E-state index in [9.17, 15) is 0 Å². The zero-order chi connectivity index (χ0) is 13.2. The van der Waals surface area contributed by atoms with Crippen LogP contribution in [0.3, 0.4) is 0 Å². The van der Waals surface area contributed by atoms with Gasteiger partial charge < -0.3 is 4.74 Å². The van der Waals surface area contributed by atoms with Crippen LogP contribution in [-0.2, 0) is 0 Å². The zero-order valence-electron chi connectivity index (χ0n) is 10.4. The first-order chi connectivity index (χ1) is 9.24. The Morgan fingerprint density at radius 2 is 1.79 bits per heavy atom. The molecule has 1 heterocycles. The van der Waals surface area contributed by atoms with E-state index in [0.717, 1.165) is 27.8 Å². The van der Waals surface area contributed by atoms with Gasteiger partial charge in [0.25, 0.3) is 0 Å². The topological polar surface area (TPSA) is 22.1 Å². The van der Waals surface area contributed by atoms with Crippen molar-refractivity contribution in [2.75, 3.05) is 0 Å². The molecule has 2 nitrogen and oxygen atoms in total. The summed E-state index contributed by atoms with van der Waals surface area (Å²) in [5.74, 6) is 1.56. The minimum atomic E-state index is 0.431. The Kier molecular flexibility index (Phi) is 3.10. The van der Waals surface area contributed by atoms with Gasteiger partial charge in [-0.3, -0.25) is 0 Å². The third-order valence-corrected chi connectivity index (χ3v) is 3.20. The number of aryl methyl sites for hydroxylation is 1. The Morgan fingerprint density at radius 1 is 1.00 bits per heavy atom. The number of halogens is 1. The predicted octanol–water partition coefficient (Wildman–Crippen LogP) is 4.99. The summed E-state index contributed by atoms with van der Waals surface area (Å²) >= 11 is 5.91. The van der Waals surface area contributed by atoms with Gasteiger partial charge in [0, 0.05) is 23.2 Å². The zero-order valence-corrected chi connectivity index (χ0v) is 11.2. The molecule has 0 radical (unpaired) electrons. The molecule has 0 spiro atoms. The summed E-state index contributed by atoms with van der Waals surface area (Å²) in [6, 6.07) is 15.9. The van der Waals surface area contributed by atoms with Crippen LogP contribution in [0, 0.1) is 6.92 Å². The number of fused-ring (bicyclic) bond motifs is 1. The number of rotatable bonds is 2. The largest absolute Gasteiger partial charge is 0.456 e. The van der Waals surface area contributed by atoms with Crippen molar-refractivity contribution in [2.45, 2.75) is 6.92 Å². The molecule has 0 saturated carbocycles. The van der Waals surface area contributed by atoms with E-state index in [1.807, 2.05) is 37.3 Å². The number of hydrogen-bond acceptors (Lipinski definition) is 2. The molecule has 0 N–H and O–H groups in total. The molecule has 3 aromatic rings. The van der Waals surface area contributed by atoms with E-state index in [-0.39, 0.29) is 0 Å². The Hall–Kier alpha value is -2.06. The molecule has 0 atom stereocenters. The number of aromatic nitrogens is 1. The van der Waals surface area contributed by atoms with Crippen LogP contribution in [0.1, 0.15) is 5.56 Å². The van der Waals surface area contributed by atoms with Crippen molar-refractivity contribution in [3.63, 3.8) is 0 Å². The van der Waals surface area contributed by atoms with E-state index in [1.54, 1.807) is 12.3 Å². The Balaban J connectivity index is 2.08. The minimum absolute atomic E-state index is 0.431. The lowest BCUT2D eigenvalue weighted by Gasteiger charge is -2.11. The molecule has 19 heavy (non-hydrogen) atoms. The lowest BCUT2D eigenvalue weighted by Crippen LogP contribution is -1.90. The fourth-order valence-corrected chi connectivity index (χ4v) is 2.14. The van der Waals surface area contributed by atoms with Crippen LogP contribution in [0.15, 0.2) is 54.7 Å². The summed E-state index contributed by atoms with van der Waals surface area (Å²) in [4.78, 5) is 4.03. The second kappa shape index (κ2) is 4.90. The molecule has 3 rings (SSSR count). The van der Waals surface area contributed by atoms with Crippen LogP contribution in [0.5, 0.6) is 11.5 Å². The summed E-state index contributed by atoms with van der Waals surface area (Å²) in [6.45, 7) is 1.95. The van der Waals surface area contributed by atoms with Gasteiger partial charge in [0.15, 0.2) is 0 Å². The maximum atomic E-state index is 5.98. The van der Waals surface area contributed by atoms with Crippen molar-refractivity contribution in [2.24, 2.45) is 0 Å². The van der Waals surface area contributed by atoms with Gasteiger partial charge in [-0.2, -0.15) is 0 Å². The first-order valence-electron chi connectivity index (χ1n) is 6.02. The highest BCUT2D eigenvalue weighted by molar-refractivity contribution is 6.29. The second-order valence-electron chi connectivity index (χ2n) is 4.35. The highest BCUT2D eigenvalue weighted by atomic mass is 35.5. The van der Waals surface area contributed by atoms with Crippen LogP contribution < -0.4 is 4.74 Å². The Morgan fingerprint density at radius 3 is 2.68 bits per heavy atom. The van der Waals surface area contributed by atoms with E-state index in [0.29, 0.717) is 5.15 Å². The fraction of sp³-hybridized carbons (Fsp3) is 0.0625. The molecule has 0 amide bonds. The molecule has 94 valence electrons. The molecular formula is C16H12ClNO. The van der Waals surface area contributed by atoms with Gasteiger partial charge in [0.05, 0.1) is 0 Å². The van der Waals surface area contributed by atoms with Crippen LogP contribution in [-0.4, -0.2) is 4.98 Å². The smallest absolute Gasteiger partial charge is 0.135 e. The molecule has 0 bridgehead atoms. The Labute approximate surface area is 116 Å². The summed E-state index contributed by atoms with van der Waals surface area (Å²) in [6.07, 6.45) is 1.71. The molecule has 0 fully saturated rings. The summed E-state index contributed by atoms with van der Waals surface area (Å²) in [5.41, 5.74) is 0.956. The number of hydrogen-bond donors (Lipinski definition) is 0. The average Bonchev–Trinajstić information content (AvgIpc) is 2.43. The molecule has 0 aliphatic rings. The fourth-order valence-electron chi connectivity index (χ4n) is 1.99. The highest BCUT2D eigenvalue weighted by Gasteiger charge is 2.06. The SMILES string of the molecule is Cc1cnc(Cl)cc1Oc1cccc2ccccc12. The number of ether oxygens (including phenoxy) is 1. The monoisotopic (exact) mass is 269 g/mol. The van der Waals surface area contributed by atoms with Gasteiger partial charge in [-0.25, -0.2) is 4.98 Å². The van der Waals surface area contributed by atoms with Gasteiger partial charge in [0.2, 0.25) is 0 Å². The van der Waals surface area contributed by atoms with Gasteiger partial charge in [-0.15, -0.1) is 0 Å². The summed E-state index contributed by atoms with van der Waals surface area (Å²) in [7, 11) is 0. The molecular weight excluding hydrogens is 258 g/mol. The van der Waals surface area contributed by atoms with Gasteiger partial charge in [-0.1, -0.05) is 48.0 Å². The van der Waals surface area contributed by atoms with Gasteiger partial charge in [0.1, 0.15) is 16.7 Å². The van der Waals surface area contributed by atoms with Crippen LogP contribution in [0.25, 0.3) is 10.8 Å². The first kappa shape index (κ1) is 12.0. The van der Waals surface area contributed by atoms with Crippen molar-refractivity contribution in [1.29, 1.82) is 0 Å². The minimum Gasteiger partial charge on any atom is -0.456 e. The maximum Gasteiger partial charge on any atom is 0.135 e. The normalized spacial score (nSPS) is 10.6. The van der Waals surface area contributed by atoms with E-state index in [4.69, 9.17) is 16.3 Å². The van der Waals surface area contributed by atoms with Crippen LogP contribution >= 0.6 is 11.6 Å². The van der Waals surface area contributed by atoms with E-state index < -0.39 is 0 Å². The van der Waals surface area contributed by atoms with Crippen molar-refractivity contribution in [1.82, 2.24) is 4.98 Å². The van der Waals surface area contributed by atoms with E-state index in [2.05, 4.69) is 17.1 Å². The summed E-state index contributed by atoms with van der Waals surface area (Å²) in [5, 5.41) is 2.66. The molecule has 1 aromatic heterocycles. The standard InChI is InChI=1S/C16H12ClNO/c1-11-10-18-16(17)9-15(11)19-14-8-4-6-12-5-2-3-7-13(12)14/h2-10H,1H3. The number of benzene rings is 2. The predicted molar refractivity (Wildman–Crippen MR) is 78.0 cm³/mol. The third-order valence-electron chi connectivity index (χ3n) is 2.99. The van der Waals surface area contributed by atoms with Gasteiger partial charge >= 0.3 is 0 Å². The molecule has 3 heteroatoms. The highest BCUT2D eigenvalue weighted by Crippen LogP contribution is 2.31. The van der Waals surface area contributed by atoms with Crippen molar-refractivity contribution in [3.8, 4) is 11.5 Å². The van der Waals surface area contributed by atoms with Crippen LogP contribution in [0.2, 0.25) is 5.15 Å².